The van der Waals surface area contributed by atoms with Crippen LogP contribution in [0.1, 0.15) is 5.56 Å². The maximum Gasteiger partial charge on any atom is 0.335 e. The first-order chi connectivity index (χ1) is 7.15. The molecule has 4 nitrogen and oxygen atoms in total. The number of carboxylic acids is 1. The van der Waals surface area contributed by atoms with Crippen LogP contribution in [-0.4, -0.2) is 23.3 Å². The molecule has 2 N–H and O–H groups in total. The van der Waals surface area contributed by atoms with Gasteiger partial charge >= 0.3 is 5.97 Å². The molecule has 0 radical (unpaired) electrons. The lowest BCUT2D eigenvalue weighted by atomic mass is 10.1. The zero-order valence-electron chi connectivity index (χ0n) is 8.30. The van der Waals surface area contributed by atoms with Gasteiger partial charge in [0.1, 0.15) is 5.75 Å². The highest BCUT2D eigenvalue weighted by Crippen LogP contribution is 2.19. The Morgan fingerprint density at radius 3 is 2.67 bits per heavy atom. The van der Waals surface area contributed by atoms with Crippen LogP contribution in [0.3, 0.4) is 0 Å². The Morgan fingerprint density at radius 2 is 2.13 bits per heavy atom. The molecule has 1 aromatic rings. The predicted octanol–water partition coefficient (Wildman–Crippen LogP) is 1.55. The third-order valence-corrected chi connectivity index (χ3v) is 1.91. The van der Waals surface area contributed by atoms with Crippen LogP contribution in [0.4, 0.5) is 0 Å². The van der Waals surface area contributed by atoms with Gasteiger partial charge in [-0.15, -0.1) is 0 Å². The van der Waals surface area contributed by atoms with Gasteiger partial charge in [-0.2, -0.15) is 0 Å². The zero-order chi connectivity index (χ0) is 11.3. The number of carbonyl (C=O) groups is 1. The second-order valence-corrected chi connectivity index (χ2v) is 2.99. The molecule has 0 aromatic heterocycles. The van der Waals surface area contributed by atoms with E-state index in [0.29, 0.717) is 5.56 Å². The van der Waals surface area contributed by atoms with Crippen LogP contribution >= 0.6 is 0 Å². The van der Waals surface area contributed by atoms with Gasteiger partial charge in [0.25, 0.3) is 0 Å². The molecular formula is C11H12O4. The fourth-order valence-corrected chi connectivity index (χ4v) is 1.18. The van der Waals surface area contributed by atoms with Crippen molar-refractivity contribution in [1.29, 1.82) is 0 Å². The highest BCUT2D eigenvalue weighted by molar-refractivity contribution is 5.86. The lowest BCUT2D eigenvalue weighted by Crippen LogP contribution is -2.04. The molecule has 0 bridgehead atoms. The molecule has 0 aliphatic carbocycles. The molecule has 0 aliphatic rings. The van der Waals surface area contributed by atoms with Gasteiger partial charge in [0, 0.05) is 6.42 Å². The molecule has 0 unspecified atom stereocenters. The second-order valence-electron chi connectivity index (χ2n) is 2.99. The molecule has 4 heteroatoms. The quantitative estimate of drug-likeness (QED) is 0.582. The van der Waals surface area contributed by atoms with E-state index in [9.17, 15) is 9.90 Å². The number of benzene rings is 1. The van der Waals surface area contributed by atoms with E-state index in [-0.39, 0.29) is 17.7 Å². The Hall–Kier alpha value is -1.97. The summed E-state index contributed by atoms with van der Waals surface area (Å²) < 4.78 is 4.65. The maximum atomic E-state index is 10.8. The number of aromatic hydroxyl groups is 1. The van der Waals surface area contributed by atoms with Crippen molar-refractivity contribution in [1.82, 2.24) is 0 Å². The molecule has 0 amide bonds. The van der Waals surface area contributed by atoms with Crippen molar-refractivity contribution in [3.05, 3.63) is 41.7 Å². The average molecular weight is 208 g/mol. The molecule has 0 saturated carbocycles. The van der Waals surface area contributed by atoms with Gasteiger partial charge in [-0.25, -0.2) is 4.79 Å². The van der Waals surface area contributed by atoms with E-state index >= 15 is 0 Å². The van der Waals surface area contributed by atoms with Crippen molar-refractivity contribution in [3.63, 3.8) is 0 Å². The maximum absolute atomic E-state index is 10.8. The summed E-state index contributed by atoms with van der Waals surface area (Å²) in [7, 11) is 1.38. The summed E-state index contributed by atoms with van der Waals surface area (Å²) in [6, 6.07) is 6.60. The molecule has 80 valence electrons. The summed E-state index contributed by atoms with van der Waals surface area (Å²) in [4.78, 5) is 10.8. The molecule has 15 heavy (non-hydrogen) atoms. The molecular weight excluding hydrogens is 196 g/mol. The lowest BCUT2D eigenvalue weighted by molar-refractivity contribution is -0.132. The number of carboxylic acid groups (broad SMARTS) is 1. The number of hydrogen-bond donors (Lipinski definition) is 2. The Kier molecular flexibility index (Phi) is 3.74. The number of aliphatic carboxylic acids is 1. The highest BCUT2D eigenvalue weighted by Gasteiger charge is 2.10. The predicted molar refractivity (Wildman–Crippen MR) is 54.5 cm³/mol. The number of phenols is 1. The van der Waals surface area contributed by atoms with E-state index in [0.717, 1.165) is 6.26 Å². The number of methoxy groups -OCH3 is 1. The Labute approximate surface area is 87.4 Å². The SMILES string of the molecule is CO/C=C(\Cc1ccccc1O)C(=O)O. The number of hydrogen-bond acceptors (Lipinski definition) is 3. The van der Waals surface area contributed by atoms with Crippen LogP contribution < -0.4 is 0 Å². The van der Waals surface area contributed by atoms with Gasteiger partial charge in [-0.3, -0.25) is 0 Å². The first-order valence-electron chi connectivity index (χ1n) is 4.37. The first kappa shape index (κ1) is 11.1. The first-order valence-corrected chi connectivity index (χ1v) is 4.37. The minimum atomic E-state index is -1.06. The van der Waals surface area contributed by atoms with Gasteiger partial charge in [-0.05, 0) is 11.6 Å². The van der Waals surface area contributed by atoms with Crippen LogP contribution in [-0.2, 0) is 16.0 Å². The smallest absolute Gasteiger partial charge is 0.335 e. The van der Waals surface area contributed by atoms with E-state index in [1.54, 1.807) is 18.2 Å². The van der Waals surface area contributed by atoms with Crippen molar-refractivity contribution < 1.29 is 19.7 Å². The van der Waals surface area contributed by atoms with Crippen LogP contribution in [0, 0.1) is 0 Å². The standard InChI is InChI=1S/C11H12O4/c1-15-7-9(11(13)14)6-8-4-2-3-5-10(8)12/h2-5,7,12H,6H2,1H3,(H,13,14)/b9-7+. The molecule has 0 fully saturated rings. The lowest BCUT2D eigenvalue weighted by Gasteiger charge is -2.04. The van der Waals surface area contributed by atoms with Gasteiger partial charge in [0.05, 0.1) is 18.9 Å². The third-order valence-electron chi connectivity index (χ3n) is 1.91. The van der Waals surface area contributed by atoms with Crippen LogP contribution in [0.25, 0.3) is 0 Å². The van der Waals surface area contributed by atoms with Crippen molar-refractivity contribution in [2.75, 3.05) is 7.11 Å². The Balaban J connectivity index is 2.89. The summed E-state index contributed by atoms with van der Waals surface area (Å²) in [5.41, 5.74) is 0.655. The monoisotopic (exact) mass is 208 g/mol. The zero-order valence-corrected chi connectivity index (χ0v) is 8.30. The number of para-hydroxylation sites is 1. The average Bonchev–Trinajstić information content (AvgIpc) is 2.20. The van der Waals surface area contributed by atoms with Gasteiger partial charge in [-0.1, -0.05) is 18.2 Å². The second kappa shape index (κ2) is 5.05. The normalized spacial score (nSPS) is 11.1. The summed E-state index contributed by atoms with van der Waals surface area (Å²) in [5, 5.41) is 18.3. The molecule has 1 rings (SSSR count). The van der Waals surface area contributed by atoms with Gasteiger partial charge in [0.15, 0.2) is 0 Å². The van der Waals surface area contributed by atoms with Crippen molar-refractivity contribution in [2.45, 2.75) is 6.42 Å². The van der Waals surface area contributed by atoms with Crippen LogP contribution in [0.2, 0.25) is 0 Å². The van der Waals surface area contributed by atoms with Crippen molar-refractivity contribution >= 4 is 5.97 Å². The van der Waals surface area contributed by atoms with E-state index in [1.165, 1.54) is 13.2 Å². The fraction of sp³-hybridized carbons (Fsp3) is 0.182. The highest BCUT2D eigenvalue weighted by atomic mass is 16.5. The molecule has 0 atom stereocenters. The van der Waals surface area contributed by atoms with E-state index in [1.807, 2.05) is 0 Å². The largest absolute Gasteiger partial charge is 0.508 e. The number of rotatable bonds is 4. The molecule has 0 spiro atoms. The minimum absolute atomic E-state index is 0.0840. The number of ether oxygens (including phenoxy) is 1. The molecule has 1 aromatic carbocycles. The van der Waals surface area contributed by atoms with Gasteiger partial charge in [0.2, 0.25) is 0 Å². The fourth-order valence-electron chi connectivity index (χ4n) is 1.18. The van der Waals surface area contributed by atoms with Crippen LogP contribution in [0.5, 0.6) is 5.75 Å². The summed E-state index contributed by atoms with van der Waals surface area (Å²) >= 11 is 0. The summed E-state index contributed by atoms with van der Waals surface area (Å²) in [5.74, 6) is -0.971. The molecule has 0 saturated heterocycles. The van der Waals surface area contributed by atoms with Crippen molar-refractivity contribution in [3.8, 4) is 5.75 Å². The third kappa shape index (κ3) is 3.02. The van der Waals surface area contributed by atoms with E-state index in [4.69, 9.17) is 5.11 Å². The minimum Gasteiger partial charge on any atom is -0.508 e. The van der Waals surface area contributed by atoms with Crippen LogP contribution in [0.15, 0.2) is 36.1 Å². The van der Waals surface area contributed by atoms with E-state index in [2.05, 4.69) is 4.74 Å². The molecule has 0 aliphatic heterocycles. The Bertz CT molecular complexity index is 382. The molecule has 0 heterocycles. The van der Waals surface area contributed by atoms with Crippen molar-refractivity contribution in [2.24, 2.45) is 0 Å². The van der Waals surface area contributed by atoms with Gasteiger partial charge < -0.3 is 14.9 Å². The van der Waals surface area contributed by atoms with E-state index < -0.39 is 5.97 Å². The Morgan fingerprint density at radius 1 is 1.47 bits per heavy atom. The topological polar surface area (TPSA) is 66.8 Å². The number of phenolic OH excluding ortho intramolecular Hbond substituents is 1. The summed E-state index contributed by atoms with van der Waals surface area (Å²) in [6.45, 7) is 0. The summed E-state index contributed by atoms with van der Waals surface area (Å²) in [6.07, 6.45) is 1.30.